The maximum atomic E-state index is 4.01. The van der Waals surface area contributed by atoms with Crippen LogP contribution in [-0.2, 0) is 0 Å². The number of rotatable bonds is 0. The fourth-order valence-electron chi connectivity index (χ4n) is 5.48. The number of benzene rings is 7. The van der Waals surface area contributed by atoms with Gasteiger partial charge in [-0.25, -0.2) is 0 Å². The van der Waals surface area contributed by atoms with Gasteiger partial charge in [0.25, 0.3) is 0 Å². The molecule has 0 bridgehead atoms. The number of fused-ring (bicyclic) bond motifs is 13. The van der Waals surface area contributed by atoms with Gasteiger partial charge >= 0.3 is 0 Å². The highest BCUT2D eigenvalue weighted by Gasteiger charge is 2.20. The fourth-order valence-corrected chi connectivity index (χ4v) is 6.70. The second-order valence-corrected chi connectivity index (χ2v) is 9.90. The third-order valence-electron chi connectivity index (χ3n) is 6.75. The first kappa shape index (κ1) is 18.6. The summed E-state index contributed by atoms with van der Waals surface area (Å²) in [5.41, 5.74) is 0. The Balaban J connectivity index is 1.99. The van der Waals surface area contributed by atoms with E-state index in [9.17, 15) is 0 Å². The molecule has 7 aromatic rings. The van der Waals surface area contributed by atoms with E-state index in [-0.39, 0.29) is 0 Å². The van der Waals surface area contributed by atoms with Crippen molar-refractivity contribution < 1.29 is 0 Å². The first-order valence-corrected chi connectivity index (χ1v) is 12.3. The predicted octanol–water partition coefficient (Wildman–Crippen LogP) is 10.1. The quantitative estimate of drug-likeness (QED) is 0.169. The number of hydrogen-bond donors (Lipinski definition) is 0. The van der Waals surface area contributed by atoms with Gasteiger partial charge in [-0.2, -0.15) is 0 Å². The topological polar surface area (TPSA) is 0 Å². The van der Waals surface area contributed by atoms with Crippen LogP contribution in [0.4, 0.5) is 0 Å². The third-order valence-corrected chi connectivity index (χ3v) is 8.87. The number of hydrogen-bond acceptors (Lipinski definition) is 0. The largest absolute Gasteiger partial charge is 0.0616 e. The lowest BCUT2D eigenvalue weighted by Crippen LogP contribution is -1.91. The molecular weight excluding hydrogens is 520 g/mol. The van der Waals surface area contributed by atoms with Gasteiger partial charge in [-0.3, -0.25) is 0 Å². The summed E-state index contributed by atoms with van der Waals surface area (Å²) in [4.78, 5) is 0. The van der Waals surface area contributed by atoms with E-state index in [0.717, 1.165) is 8.95 Å². The van der Waals surface area contributed by atoms with Crippen molar-refractivity contribution in [2.24, 2.45) is 0 Å². The van der Waals surface area contributed by atoms with E-state index in [4.69, 9.17) is 0 Å². The Morgan fingerprint density at radius 1 is 0.281 bits per heavy atom. The molecule has 0 spiro atoms. The second kappa shape index (κ2) is 6.78. The van der Waals surface area contributed by atoms with E-state index in [1.54, 1.807) is 0 Å². The van der Waals surface area contributed by atoms with Crippen molar-refractivity contribution in [2.45, 2.75) is 0 Å². The Morgan fingerprint density at radius 3 is 0.781 bits per heavy atom. The minimum atomic E-state index is 1.11. The van der Waals surface area contributed by atoms with Gasteiger partial charge in [0.05, 0.1) is 0 Å². The molecule has 7 rings (SSSR count). The van der Waals surface area contributed by atoms with Crippen LogP contribution in [0.2, 0.25) is 0 Å². The van der Waals surface area contributed by atoms with Crippen molar-refractivity contribution in [3.8, 4) is 0 Å². The van der Waals surface area contributed by atoms with Crippen LogP contribution in [0.15, 0.2) is 106 Å². The summed E-state index contributed by atoms with van der Waals surface area (Å²) in [6.07, 6.45) is 0. The summed E-state index contributed by atoms with van der Waals surface area (Å²) in [5.74, 6) is 0. The Labute approximate surface area is 201 Å². The summed E-state index contributed by atoms with van der Waals surface area (Å²) >= 11 is 8.02. The first-order chi connectivity index (χ1) is 15.8. The normalized spacial score (nSPS) is 12.1. The molecule has 0 radical (unpaired) electrons. The van der Waals surface area contributed by atoms with Crippen LogP contribution in [0.3, 0.4) is 0 Å². The average molecular weight is 536 g/mol. The van der Waals surface area contributed by atoms with Gasteiger partial charge in [0.15, 0.2) is 0 Å². The van der Waals surface area contributed by atoms with Crippen molar-refractivity contribution in [3.05, 3.63) is 106 Å². The van der Waals surface area contributed by atoms with Crippen molar-refractivity contribution >= 4 is 96.5 Å². The molecule has 0 saturated carbocycles. The summed E-state index contributed by atoms with van der Waals surface area (Å²) < 4.78 is 2.23. The molecule has 150 valence electrons. The second-order valence-electron chi connectivity index (χ2n) is 8.31. The maximum Gasteiger partial charge on any atom is 0.0409 e. The van der Waals surface area contributed by atoms with Crippen LogP contribution in [0, 0.1) is 0 Å². The zero-order chi connectivity index (χ0) is 21.4. The van der Waals surface area contributed by atoms with Crippen LogP contribution < -0.4 is 0 Å². The van der Waals surface area contributed by atoms with Crippen molar-refractivity contribution in [2.75, 3.05) is 0 Å². The molecule has 0 atom stereocenters. The molecule has 0 amide bonds. The molecule has 0 aliphatic carbocycles. The van der Waals surface area contributed by atoms with Gasteiger partial charge in [-0.1, -0.05) is 97.1 Å². The maximum absolute atomic E-state index is 4.01. The smallest absolute Gasteiger partial charge is 0.0409 e. The minimum absolute atomic E-state index is 1.11. The summed E-state index contributed by atoms with van der Waals surface area (Å²) in [6, 6.07) is 35.1. The van der Waals surface area contributed by atoms with Crippen molar-refractivity contribution in [1.29, 1.82) is 0 Å². The van der Waals surface area contributed by atoms with E-state index in [0.29, 0.717) is 0 Å². The lowest BCUT2D eigenvalue weighted by Gasteiger charge is -2.19. The van der Waals surface area contributed by atoms with Crippen molar-refractivity contribution in [1.82, 2.24) is 0 Å². The Bertz CT molecular complexity index is 1760. The van der Waals surface area contributed by atoms with Gasteiger partial charge in [-0.15, -0.1) is 0 Å². The number of halogens is 2. The van der Waals surface area contributed by atoms with Crippen LogP contribution in [0.5, 0.6) is 0 Å². The highest BCUT2D eigenvalue weighted by atomic mass is 79.9. The first-order valence-electron chi connectivity index (χ1n) is 10.7. The Morgan fingerprint density at radius 2 is 0.500 bits per heavy atom. The van der Waals surface area contributed by atoms with Gasteiger partial charge in [0, 0.05) is 19.7 Å². The molecule has 2 heteroatoms. The molecule has 0 N–H and O–H groups in total. The van der Waals surface area contributed by atoms with Crippen molar-refractivity contribution in [3.63, 3.8) is 0 Å². The molecule has 0 aliphatic heterocycles. The molecule has 7 aromatic carbocycles. The molecule has 0 heterocycles. The SMILES string of the molecule is Brc1c(Br)c2c3ccccc3c3ccccc3c2c2c3ccccc3c3ccccc3c12. The Kier molecular flexibility index (Phi) is 3.94. The highest BCUT2D eigenvalue weighted by molar-refractivity contribution is 9.13. The van der Waals surface area contributed by atoms with E-state index in [1.807, 2.05) is 0 Å². The van der Waals surface area contributed by atoms with Crippen LogP contribution in [-0.4, -0.2) is 0 Å². The zero-order valence-corrected chi connectivity index (χ0v) is 20.2. The fraction of sp³-hybridized carbons (Fsp3) is 0. The monoisotopic (exact) mass is 534 g/mol. The average Bonchev–Trinajstić information content (AvgIpc) is 2.86. The molecular formula is C30H16Br2. The van der Waals surface area contributed by atoms with Crippen LogP contribution in [0.1, 0.15) is 0 Å². The molecule has 0 unspecified atom stereocenters. The molecule has 0 fully saturated rings. The lowest BCUT2D eigenvalue weighted by atomic mass is 9.87. The van der Waals surface area contributed by atoms with E-state index in [2.05, 4.69) is 129 Å². The molecule has 32 heavy (non-hydrogen) atoms. The zero-order valence-electron chi connectivity index (χ0n) is 17.0. The Hall–Kier alpha value is -2.94. The van der Waals surface area contributed by atoms with Gasteiger partial charge < -0.3 is 0 Å². The highest BCUT2D eigenvalue weighted by Crippen LogP contribution is 2.50. The molecule has 0 aliphatic rings. The van der Waals surface area contributed by atoms with Crippen LogP contribution in [0.25, 0.3) is 64.6 Å². The third kappa shape index (κ3) is 2.32. The molecule has 0 saturated heterocycles. The van der Waals surface area contributed by atoms with E-state index < -0.39 is 0 Å². The predicted molar refractivity (Wildman–Crippen MR) is 147 cm³/mol. The summed E-state index contributed by atoms with van der Waals surface area (Å²) in [6.45, 7) is 0. The molecule has 0 aromatic heterocycles. The van der Waals surface area contributed by atoms with E-state index >= 15 is 0 Å². The summed E-state index contributed by atoms with van der Waals surface area (Å²) in [5, 5.41) is 15.4. The van der Waals surface area contributed by atoms with Gasteiger partial charge in [0.2, 0.25) is 0 Å². The van der Waals surface area contributed by atoms with Gasteiger partial charge in [-0.05, 0) is 85.7 Å². The lowest BCUT2D eigenvalue weighted by molar-refractivity contribution is 1.74. The standard InChI is InChI=1S/C30H16Br2/c31-29-27-23-15-7-3-11-19(23)17-9-1-5-13-21(17)25(27)26-22-14-6-2-10-18(22)20-12-4-8-16-24(20)28(26)30(29)32/h1-16H. The summed E-state index contributed by atoms with van der Waals surface area (Å²) in [7, 11) is 0. The van der Waals surface area contributed by atoms with E-state index in [1.165, 1.54) is 64.6 Å². The minimum Gasteiger partial charge on any atom is -0.0616 e. The molecule has 0 nitrogen and oxygen atoms in total. The van der Waals surface area contributed by atoms with Gasteiger partial charge in [0.1, 0.15) is 0 Å². The van der Waals surface area contributed by atoms with Crippen LogP contribution >= 0.6 is 31.9 Å².